The molecule has 4 N–H and O–H groups in total. The zero-order chi connectivity index (χ0) is 23.3. The topological polar surface area (TPSA) is 145 Å². The Balaban J connectivity index is 1.62. The van der Waals surface area contributed by atoms with Gasteiger partial charge in [-0.2, -0.15) is 0 Å². The third-order valence-corrected chi connectivity index (χ3v) is 4.86. The number of carbonyl (C=O) groups excluding carboxylic acids is 4. The Bertz CT molecular complexity index is 1040. The smallest absolute Gasteiger partial charge is 0.314 e. The van der Waals surface area contributed by atoms with Crippen LogP contribution < -0.4 is 21.3 Å². The number of likely N-dealkylation sites (N-methyl/N-ethyl adjacent to an activating group) is 1. The number of rotatable bonds is 6. The monoisotopic (exact) mass is 459 g/mol. The number of pyridine rings is 2. The van der Waals surface area contributed by atoms with Gasteiger partial charge in [-0.3, -0.25) is 24.2 Å². The lowest BCUT2D eigenvalue weighted by atomic mass is 10.1. The molecular formula is C20H22ClN7O4. The predicted molar refractivity (Wildman–Crippen MR) is 116 cm³/mol. The van der Waals surface area contributed by atoms with Crippen molar-refractivity contribution in [2.24, 2.45) is 0 Å². The fourth-order valence-electron chi connectivity index (χ4n) is 2.95. The lowest BCUT2D eigenvalue weighted by Crippen LogP contribution is -2.53. The second-order valence-corrected chi connectivity index (χ2v) is 7.66. The van der Waals surface area contributed by atoms with E-state index < -0.39 is 29.7 Å². The summed E-state index contributed by atoms with van der Waals surface area (Å²) in [5.74, 6) is -2.85. The van der Waals surface area contributed by atoms with Gasteiger partial charge in [-0.25, -0.2) is 4.98 Å². The summed E-state index contributed by atoms with van der Waals surface area (Å²) in [4.78, 5) is 58.7. The number of hydrogen-bond acceptors (Lipinski definition) is 7. The molecule has 11 nitrogen and oxygen atoms in total. The van der Waals surface area contributed by atoms with Crippen LogP contribution in [0.3, 0.4) is 0 Å². The van der Waals surface area contributed by atoms with Gasteiger partial charge in [-0.05, 0) is 29.3 Å². The molecule has 2 aromatic rings. The predicted octanol–water partition coefficient (Wildman–Crippen LogP) is -0.325. The Morgan fingerprint density at radius 3 is 2.53 bits per heavy atom. The van der Waals surface area contributed by atoms with Gasteiger partial charge in [0.05, 0.1) is 5.02 Å². The minimum absolute atomic E-state index is 0.140. The number of hydrogen-bond donors (Lipinski definition) is 4. The highest BCUT2D eigenvalue weighted by molar-refractivity contribution is 6.39. The molecule has 3 rings (SSSR count). The average molecular weight is 460 g/mol. The number of anilines is 1. The summed E-state index contributed by atoms with van der Waals surface area (Å²) < 4.78 is 0. The summed E-state index contributed by atoms with van der Waals surface area (Å²) in [6.07, 6.45) is 2.93. The molecule has 168 valence electrons. The molecule has 3 heterocycles. The molecule has 12 heteroatoms. The largest absolute Gasteiger partial charge is 0.347 e. The zero-order valence-electron chi connectivity index (χ0n) is 17.4. The first-order chi connectivity index (χ1) is 15.2. The molecule has 0 saturated heterocycles. The van der Waals surface area contributed by atoms with Crippen molar-refractivity contribution < 1.29 is 19.2 Å². The van der Waals surface area contributed by atoms with E-state index in [1.54, 1.807) is 12.3 Å². The zero-order valence-corrected chi connectivity index (χ0v) is 18.2. The van der Waals surface area contributed by atoms with Gasteiger partial charge in [0.15, 0.2) is 0 Å². The lowest BCUT2D eigenvalue weighted by Gasteiger charge is -2.22. The molecule has 0 aliphatic carbocycles. The van der Waals surface area contributed by atoms with Crippen LogP contribution in [0.15, 0.2) is 30.6 Å². The maximum absolute atomic E-state index is 12.7. The fourth-order valence-corrected chi connectivity index (χ4v) is 3.06. The van der Waals surface area contributed by atoms with E-state index in [9.17, 15) is 19.2 Å². The minimum Gasteiger partial charge on any atom is -0.347 e. The van der Waals surface area contributed by atoms with Crippen LogP contribution in [0.25, 0.3) is 0 Å². The van der Waals surface area contributed by atoms with E-state index in [0.717, 1.165) is 11.1 Å². The minimum atomic E-state index is -1.10. The van der Waals surface area contributed by atoms with Crippen LogP contribution in [0.5, 0.6) is 0 Å². The van der Waals surface area contributed by atoms with Crippen molar-refractivity contribution in [2.75, 3.05) is 26.0 Å². The van der Waals surface area contributed by atoms with Crippen molar-refractivity contribution in [1.82, 2.24) is 30.8 Å². The lowest BCUT2D eigenvalue weighted by molar-refractivity contribution is -0.136. The van der Waals surface area contributed by atoms with Crippen molar-refractivity contribution in [1.29, 1.82) is 0 Å². The molecule has 0 aromatic carbocycles. The highest BCUT2D eigenvalue weighted by Crippen LogP contribution is 2.15. The second-order valence-electron chi connectivity index (χ2n) is 7.23. The van der Waals surface area contributed by atoms with Gasteiger partial charge in [-0.15, -0.1) is 0 Å². The van der Waals surface area contributed by atoms with Gasteiger partial charge in [0, 0.05) is 46.1 Å². The Morgan fingerprint density at radius 2 is 1.84 bits per heavy atom. The quantitative estimate of drug-likeness (QED) is 0.433. The number of nitrogens with one attached hydrogen (secondary N) is 4. The van der Waals surface area contributed by atoms with Crippen LogP contribution in [0.4, 0.5) is 5.82 Å². The number of halogens is 1. The third-order valence-electron chi connectivity index (χ3n) is 4.63. The number of carbonyl (C=O) groups is 4. The highest BCUT2D eigenvalue weighted by atomic mass is 35.5. The summed E-state index contributed by atoms with van der Waals surface area (Å²) in [6, 6.07) is 3.50. The molecule has 2 aromatic heterocycles. The first-order valence-corrected chi connectivity index (χ1v) is 10.0. The van der Waals surface area contributed by atoms with Crippen LogP contribution >= 0.6 is 11.6 Å². The summed E-state index contributed by atoms with van der Waals surface area (Å²) in [5, 5.41) is 10.8. The first-order valence-electron chi connectivity index (χ1n) is 9.66. The van der Waals surface area contributed by atoms with Gasteiger partial charge in [-0.1, -0.05) is 11.6 Å². The van der Waals surface area contributed by atoms with Crippen molar-refractivity contribution >= 4 is 41.0 Å². The van der Waals surface area contributed by atoms with Crippen molar-refractivity contribution in [3.63, 3.8) is 0 Å². The van der Waals surface area contributed by atoms with Crippen LogP contribution in [0, 0.1) is 0 Å². The van der Waals surface area contributed by atoms with Crippen molar-refractivity contribution in [3.8, 4) is 0 Å². The molecule has 0 saturated carbocycles. The molecule has 1 aliphatic heterocycles. The average Bonchev–Trinajstić information content (AvgIpc) is 3.25. The Labute approximate surface area is 188 Å². The Hall–Kier alpha value is -3.57. The first kappa shape index (κ1) is 23.1. The highest BCUT2D eigenvalue weighted by Gasteiger charge is 2.26. The molecule has 0 radical (unpaired) electrons. The second kappa shape index (κ2) is 10.2. The Morgan fingerprint density at radius 1 is 1.09 bits per heavy atom. The maximum Gasteiger partial charge on any atom is 0.314 e. The van der Waals surface area contributed by atoms with E-state index >= 15 is 0 Å². The van der Waals surface area contributed by atoms with Crippen LogP contribution in [0.1, 0.15) is 21.6 Å². The molecule has 0 spiro atoms. The van der Waals surface area contributed by atoms with E-state index in [1.165, 1.54) is 37.3 Å². The normalized spacial score (nSPS) is 13.0. The van der Waals surface area contributed by atoms with Crippen LogP contribution in [0.2, 0.25) is 5.02 Å². The SMILES string of the molecule is CN(C)C(=O)C(CNC(=O)C(=O)Nc1ccc(Cl)cn1)NC(=O)c1cc2c(cn1)CNC2. The maximum atomic E-state index is 12.7. The Kier molecular flexibility index (Phi) is 7.33. The molecule has 4 amide bonds. The fraction of sp³-hybridized carbons (Fsp3) is 0.300. The number of fused-ring (bicyclic) bond motifs is 1. The van der Waals surface area contributed by atoms with E-state index in [2.05, 4.69) is 31.2 Å². The number of amides is 4. The molecule has 1 unspecified atom stereocenters. The number of nitrogens with zero attached hydrogens (tertiary/aromatic N) is 3. The molecule has 1 aliphatic rings. The number of aromatic nitrogens is 2. The summed E-state index contributed by atoms with van der Waals surface area (Å²) in [7, 11) is 3.03. The molecule has 0 bridgehead atoms. The van der Waals surface area contributed by atoms with E-state index in [1.807, 2.05) is 0 Å². The third kappa shape index (κ3) is 5.77. The van der Waals surface area contributed by atoms with Gasteiger partial charge in [0.2, 0.25) is 5.91 Å². The van der Waals surface area contributed by atoms with Gasteiger partial charge >= 0.3 is 11.8 Å². The van der Waals surface area contributed by atoms with Crippen molar-refractivity contribution in [2.45, 2.75) is 19.1 Å². The molecule has 0 fully saturated rings. The summed E-state index contributed by atoms with van der Waals surface area (Å²) >= 11 is 5.73. The van der Waals surface area contributed by atoms with Crippen molar-refractivity contribution in [3.05, 3.63) is 52.4 Å². The molecular weight excluding hydrogens is 438 g/mol. The summed E-state index contributed by atoms with van der Waals surface area (Å²) in [5.41, 5.74) is 2.12. The standard InChI is InChI=1S/C20H22ClN7O4/c1-28(2)20(32)15(26-17(29)14-5-11-6-22-7-12(11)8-23-14)10-25-18(30)19(31)27-16-4-3-13(21)9-24-16/h3-5,8-9,15,22H,6-7,10H2,1-2H3,(H,25,30)(H,26,29)(H,24,27,31). The van der Waals surface area contributed by atoms with E-state index in [-0.39, 0.29) is 18.1 Å². The van der Waals surface area contributed by atoms with Gasteiger partial charge in [0.1, 0.15) is 17.6 Å². The van der Waals surface area contributed by atoms with Crippen LogP contribution in [-0.4, -0.2) is 65.2 Å². The molecule has 32 heavy (non-hydrogen) atoms. The van der Waals surface area contributed by atoms with E-state index in [4.69, 9.17) is 11.6 Å². The van der Waals surface area contributed by atoms with Gasteiger partial charge in [0.25, 0.3) is 5.91 Å². The van der Waals surface area contributed by atoms with Crippen LogP contribution in [-0.2, 0) is 27.5 Å². The van der Waals surface area contributed by atoms with Gasteiger partial charge < -0.3 is 26.2 Å². The molecule has 1 atom stereocenters. The van der Waals surface area contributed by atoms with E-state index in [0.29, 0.717) is 18.1 Å². The summed E-state index contributed by atoms with van der Waals surface area (Å²) in [6.45, 7) is 1.02.